The van der Waals surface area contributed by atoms with E-state index in [2.05, 4.69) is 26.1 Å². The van der Waals surface area contributed by atoms with Gasteiger partial charge in [0, 0.05) is 26.7 Å². The number of thioether (sulfide) groups is 1. The number of ether oxygens (including phenoxy) is 2. The summed E-state index contributed by atoms with van der Waals surface area (Å²) in [5.74, 6) is 1.25. The lowest BCUT2D eigenvalue weighted by molar-refractivity contribution is 0.0491. The molecule has 0 amide bonds. The van der Waals surface area contributed by atoms with E-state index in [0.717, 1.165) is 26.7 Å². The van der Waals surface area contributed by atoms with Crippen molar-refractivity contribution < 1.29 is 23.1 Å². The van der Waals surface area contributed by atoms with Crippen LogP contribution < -0.4 is 4.74 Å². The van der Waals surface area contributed by atoms with E-state index < -0.39 is 5.97 Å². The summed E-state index contributed by atoms with van der Waals surface area (Å²) in [4.78, 5) is 12.4. The van der Waals surface area contributed by atoms with Gasteiger partial charge in [-0.1, -0.05) is 27.7 Å². The molecule has 0 fully saturated rings. The van der Waals surface area contributed by atoms with Crippen molar-refractivity contribution in [2.24, 2.45) is 0 Å². The van der Waals surface area contributed by atoms with E-state index in [0.29, 0.717) is 22.4 Å². The van der Waals surface area contributed by atoms with Crippen LogP contribution in [0.1, 0.15) is 23.0 Å². The molecular weight excluding hydrogens is 472 g/mol. The molecule has 0 saturated heterocycles. The van der Waals surface area contributed by atoms with E-state index in [9.17, 15) is 4.79 Å². The molecule has 0 unspecified atom stereocenters. The first-order valence-corrected chi connectivity index (χ1v) is 10.9. The Balaban J connectivity index is 1.58. The van der Waals surface area contributed by atoms with E-state index in [1.165, 1.54) is 11.8 Å². The predicted molar refractivity (Wildman–Crippen MR) is 116 cm³/mol. The minimum Gasteiger partial charge on any atom is -0.497 e. The summed E-state index contributed by atoms with van der Waals surface area (Å²) in [6.45, 7) is 2.02. The van der Waals surface area contributed by atoms with Crippen molar-refractivity contribution >= 4 is 44.6 Å². The highest BCUT2D eigenvalue weighted by atomic mass is 79.9. The van der Waals surface area contributed by atoms with Crippen molar-refractivity contribution in [1.29, 1.82) is 0 Å². The van der Waals surface area contributed by atoms with E-state index in [1.807, 2.05) is 42.5 Å². The van der Waals surface area contributed by atoms with E-state index >= 15 is 0 Å². The molecule has 0 saturated carbocycles. The maximum absolute atomic E-state index is 12.4. The number of nitrogens with zero attached hydrogens (tertiary/aromatic N) is 2. The summed E-state index contributed by atoms with van der Waals surface area (Å²) in [5, 5.41) is 9.42. The van der Waals surface area contributed by atoms with Gasteiger partial charge in [0.25, 0.3) is 5.22 Å². The number of halogens is 1. The fraction of sp³-hybridized carbons (Fsp3) is 0.190. The van der Waals surface area contributed by atoms with Crippen LogP contribution in [-0.4, -0.2) is 29.9 Å². The summed E-state index contributed by atoms with van der Waals surface area (Å²) in [6, 6.07) is 12.9. The summed E-state index contributed by atoms with van der Waals surface area (Å²) >= 11 is 4.79. The lowest BCUT2D eigenvalue weighted by Gasteiger charge is -2.02. The Morgan fingerprint density at radius 3 is 2.67 bits per heavy atom. The Morgan fingerprint density at radius 2 is 1.93 bits per heavy atom. The summed E-state index contributed by atoms with van der Waals surface area (Å²) < 4.78 is 22.7. The van der Waals surface area contributed by atoms with Crippen LogP contribution in [0.3, 0.4) is 0 Å². The van der Waals surface area contributed by atoms with Crippen molar-refractivity contribution in [2.45, 2.75) is 17.9 Å². The van der Waals surface area contributed by atoms with Gasteiger partial charge in [0.1, 0.15) is 11.3 Å². The number of carbonyl (C=O) groups is 1. The first-order valence-electron chi connectivity index (χ1n) is 9.07. The maximum Gasteiger partial charge on any atom is 0.374 e. The highest BCUT2D eigenvalue weighted by Gasteiger charge is 2.23. The zero-order valence-electron chi connectivity index (χ0n) is 16.2. The van der Waals surface area contributed by atoms with Crippen molar-refractivity contribution in [3.63, 3.8) is 0 Å². The fourth-order valence-electron chi connectivity index (χ4n) is 2.88. The van der Waals surface area contributed by atoms with Crippen LogP contribution in [0.4, 0.5) is 0 Å². The van der Waals surface area contributed by atoms with Gasteiger partial charge in [-0.3, -0.25) is 0 Å². The molecule has 0 bridgehead atoms. The zero-order valence-corrected chi connectivity index (χ0v) is 18.6. The second-order valence-electron chi connectivity index (χ2n) is 6.16. The van der Waals surface area contributed by atoms with Gasteiger partial charge in [-0.25, -0.2) is 4.79 Å². The van der Waals surface area contributed by atoms with Crippen molar-refractivity contribution in [2.75, 3.05) is 13.7 Å². The molecule has 4 aromatic rings. The summed E-state index contributed by atoms with van der Waals surface area (Å²) in [7, 11) is 1.61. The number of fused-ring (bicyclic) bond motifs is 1. The van der Waals surface area contributed by atoms with Crippen LogP contribution in [0.2, 0.25) is 0 Å². The monoisotopic (exact) mass is 488 g/mol. The first kappa shape index (κ1) is 20.5. The molecule has 0 aliphatic rings. The molecule has 154 valence electrons. The molecule has 0 spiro atoms. The smallest absolute Gasteiger partial charge is 0.374 e. The topological polar surface area (TPSA) is 87.6 Å². The molecule has 0 radical (unpaired) electrons. The Labute approximate surface area is 184 Å². The van der Waals surface area contributed by atoms with Gasteiger partial charge in [0.05, 0.1) is 13.7 Å². The summed E-state index contributed by atoms with van der Waals surface area (Å²) in [5.41, 5.74) is 2.13. The van der Waals surface area contributed by atoms with Crippen LogP contribution in [0.25, 0.3) is 22.4 Å². The van der Waals surface area contributed by atoms with Crippen LogP contribution >= 0.6 is 27.7 Å². The van der Waals surface area contributed by atoms with Gasteiger partial charge in [-0.05, 0) is 49.4 Å². The molecule has 0 aliphatic heterocycles. The Hall–Kier alpha value is -2.78. The van der Waals surface area contributed by atoms with Crippen LogP contribution in [0.5, 0.6) is 5.75 Å². The number of rotatable bonds is 7. The normalized spacial score (nSPS) is 11.0. The van der Waals surface area contributed by atoms with Gasteiger partial charge in [-0.15, -0.1) is 10.2 Å². The molecule has 0 atom stereocenters. The molecule has 2 heterocycles. The standard InChI is InChI=1S/C21H17BrN2O5S/c1-3-27-20(25)18-16(15-10-13(22)6-9-17(15)28-18)11-30-21-24-23-19(29-21)12-4-7-14(26-2)8-5-12/h4-10H,3,11H2,1-2H3. The highest BCUT2D eigenvalue weighted by Crippen LogP contribution is 2.34. The third-order valence-electron chi connectivity index (χ3n) is 4.30. The predicted octanol–water partition coefficient (Wildman–Crippen LogP) is 5.72. The molecule has 30 heavy (non-hydrogen) atoms. The van der Waals surface area contributed by atoms with Gasteiger partial charge in [0.2, 0.25) is 11.7 Å². The largest absolute Gasteiger partial charge is 0.497 e. The number of carbonyl (C=O) groups excluding carboxylic acids is 1. The molecular formula is C21H17BrN2O5S. The molecule has 0 aliphatic carbocycles. The number of benzene rings is 2. The van der Waals surface area contributed by atoms with Crippen LogP contribution in [-0.2, 0) is 10.5 Å². The summed E-state index contributed by atoms with van der Waals surface area (Å²) in [6.07, 6.45) is 0. The molecule has 7 nitrogen and oxygen atoms in total. The number of aromatic nitrogens is 2. The Kier molecular flexibility index (Phi) is 6.10. The highest BCUT2D eigenvalue weighted by molar-refractivity contribution is 9.10. The van der Waals surface area contributed by atoms with E-state index in [-0.39, 0.29) is 12.4 Å². The van der Waals surface area contributed by atoms with Gasteiger partial charge in [-0.2, -0.15) is 0 Å². The number of hydrogen-bond donors (Lipinski definition) is 0. The quantitative estimate of drug-likeness (QED) is 0.241. The maximum atomic E-state index is 12.4. The second kappa shape index (κ2) is 8.93. The minimum absolute atomic E-state index is 0.187. The molecule has 4 rings (SSSR count). The average molecular weight is 489 g/mol. The van der Waals surface area contributed by atoms with Crippen LogP contribution in [0, 0.1) is 0 Å². The number of methoxy groups -OCH3 is 1. The zero-order chi connectivity index (χ0) is 21.1. The van der Waals surface area contributed by atoms with Crippen molar-refractivity contribution in [3.05, 3.63) is 58.3 Å². The van der Waals surface area contributed by atoms with Crippen molar-refractivity contribution in [1.82, 2.24) is 10.2 Å². The third kappa shape index (κ3) is 4.22. The second-order valence-corrected chi connectivity index (χ2v) is 8.00. The van der Waals surface area contributed by atoms with Crippen LogP contribution in [0.15, 0.2) is 61.0 Å². The molecule has 0 N–H and O–H groups in total. The first-order chi connectivity index (χ1) is 14.6. The minimum atomic E-state index is -0.495. The SMILES string of the molecule is CCOC(=O)c1oc2ccc(Br)cc2c1CSc1nnc(-c2ccc(OC)cc2)o1. The Morgan fingerprint density at radius 1 is 1.13 bits per heavy atom. The Bertz CT molecular complexity index is 1190. The van der Waals surface area contributed by atoms with Gasteiger partial charge in [0.15, 0.2) is 0 Å². The fourth-order valence-corrected chi connectivity index (χ4v) is 4.03. The van der Waals surface area contributed by atoms with Crippen molar-refractivity contribution in [3.8, 4) is 17.2 Å². The molecule has 2 aromatic carbocycles. The van der Waals surface area contributed by atoms with E-state index in [1.54, 1.807) is 14.0 Å². The molecule has 2 aromatic heterocycles. The lowest BCUT2D eigenvalue weighted by Crippen LogP contribution is -2.05. The number of hydrogen-bond acceptors (Lipinski definition) is 8. The third-order valence-corrected chi connectivity index (χ3v) is 5.64. The lowest BCUT2D eigenvalue weighted by atomic mass is 10.1. The molecule has 9 heteroatoms. The number of esters is 1. The average Bonchev–Trinajstić information content (AvgIpc) is 3.37. The number of furan rings is 1. The van der Waals surface area contributed by atoms with Gasteiger partial charge >= 0.3 is 5.97 Å². The van der Waals surface area contributed by atoms with Gasteiger partial charge < -0.3 is 18.3 Å². The van der Waals surface area contributed by atoms with E-state index in [4.69, 9.17) is 18.3 Å².